The second-order valence-corrected chi connectivity index (χ2v) is 16.9. The molecule has 5 nitrogen and oxygen atoms in total. The van der Waals surface area contributed by atoms with Crippen molar-refractivity contribution in [1.29, 1.82) is 0 Å². The van der Waals surface area contributed by atoms with Gasteiger partial charge in [0.15, 0.2) is 5.82 Å². The van der Waals surface area contributed by atoms with Crippen molar-refractivity contribution in [2.24, 2.45) is 0 Å². The maximum Gasteiger partial charge on any atom is 0.160 e. The molecule has 0 fully saturated rings. The van der Waals surface area contributed by atoms with Gasteiger partial charge in [0.25, 0.3) is 0 Å². The van der Waals surface area contributed by atoms with E-state index < -0.39 is 0 Å². The molecule has 11 aromatic rings. The molecule has 316 valence electrons. The lowest BCUT2D eigenvalue weighted by Gasteiger charge is -2.26. The van der Waals surface area contributed by atoms with Gasteiger partial charge in [-0.2, -0.15) is 0 Å². The molecular formula is C61H47N5. The summed E-state index contributed by atoms with van der Waals surface area (Å²) in [7, 11) is 0. The van der Waals surface area contributed by atoms with Crippen LogP contribution in [0.3, 0.4) is 0 Å². The SMILES string of the molecule is Cc1ccc(N(c2ccccc2)c2ccc3c(c2)c2cc(N(c4ccccc4)c4ccc(C)cc4)ccc2n3-c2ccc(-c3cc(-c4ccccc4)nc(-c4ccccc4)n3)c(C)c2)cc1. The third kappa shape index (κ3) is 7.67. The highest BCUT2D eigenvalue weighted by atomic mass is 15.1. The van der Waals surface area contributed by atoms with Crippen LogP contribution < -0.4 is 9.80 Å². The molecular weight excluding hydrogens is 803 g/mol. The standard InChI is InChI=1S/C61H47N5/c1-42-24-28-49(29-25-42)64(47-20-12-6-13-21-47)52-33-36-59-55(39-52)56-40-53(65(48-22-14-7-15-23-48)50-30-26-43(2)27-31-50)34-37-60(56)66(59)51-32-35-54(44(3)38-51)58-41-57(45-16-8-4-9-17-45)62-61(63-58)46-18-10-5-11-19-46/h4-41H,1-3H3. The number of nitrogens with zero attached hydrogens (tertiary/aromatic N) is 5. The molecule has 66 heavy (non-hydrogen) atoms. The van der Waals surface area contributed by atoms with Crippen molar-refractivity contribution < 1.29 is 0 Å². The highest BCUT2D eigenvalue weighted by Gasteiger charge is 2.21. The predicted molar refractivity (Wildman–Crippen MR) is 276 cm³/mol. The summed E-state index contributed by atoms with van der Waals surface area (Å²) in [5.74, 6) is 0.704. The fourth-order valence-corrected chi connectivity index (χ4v) is 9.12. The van der Waals surface area contributed by atoms with Crippen molar-refractivity contribution in [3.63, 3.8) is 0 Å². The molecule has 2 aromatic heterocycles. The predicted octanol–water partition coefficient (Wildman–Crippen LogP) is 16.4. The first-order valence-corrected chi connectivity index (χ1v) is 22.5. The fraction of sp³-hybridized carbons (Fsp3) is 0.0492. The van der Waals surface area contributed by atoms with Gasteiger partial charge in [0.1, 0.15) is 0 Å². The minimum absolute atomic E-state index is 0.704. The number of benzene rings is 9. The van der Waals surface area contributed by atoms with Crippen LogP contribution in [0.15, 0.2) is 231 Å². The second-order valence-electron chi connectivity index (χ2n) is 16.9. The Kier molecular flexibility index (Phi) is 10.5. The monoisotopic (exact) mass is 849 g/mol. The highest BCUT2D eigenvalue weighted by molar-refractivity contribution is 6.12. The average Bonchev–Trinajstić information content (AvgIpc) is 3.69. The molecule has 0 saturated carbocycles. The molecule has 11 rings (SSSR count). The molecule has 0 aliphatic carbocycles. The van der Waals surface area contributed by atoms with E-state index in [1.165, 1.54) is 11.1 Å². The van der Waals surface area contributed by atoms with Crippen LogP contribution in [0.2, 0.25) is 0 Å². The quantitative estimate of drug-likeness (QED) is 0.137. The van der Waals surface area contributed by atoms with E-state index in [1.54, 1.807) is 0 Å². The number of anilines is 6. The lowest BCUT2D eigenvalue weighted by atomic mass is 10.0. The van der Waals surface area contributed by atoms with E-state index >= 15 is 0 Å². The van der Waals surface area contributed by atoms with E-state index in [0.717, 1.165) is 95.3 Å². The molecule has 0 bridgehead atoms. The smallest absolute Gasteiger partial charge is 0.160 e. The molecule has 0 aliphatic rings. The summed E-state index contributed by atoms with van der Waals surface area (Å²) in [6.07, 6.45) is 0. The summed E-state index contributed by atoms with van der Waals surface area (Å²) in [4.78, 5) is 14.9. The zero-order valence-electron chi connectivity index (χ0n) is 37.2. The van der Waals surface area contributed by atoms with Crippen LogP contribution in [-0.2, 0) is 0 Å². The summed E-state index contributed by atoms with van der Waals surface area (Å²) >= 11 is 0. The Hall–Kier alpha value is -8.54. The fourth-order valence-electron chi connectivity index (χ4n) is 9.12. The molecule has 0 N–H and O–H groups in total. The number of para-hydroxylation sites is 2. The first-order valence-electron chi connectivity index (χ1n) is 22.5. The Balaban J connectivity index is 1.11. The number of hydrogen-bond donors (Lipinski definition) is 0. The van der Waals surface area contributed by atoms with Gasteiger partial charge in [-0.1, -0.05) is 139 Å². The van der Waals surface area contributed by atoms with Crippen LogP contribution in [0, 0.1) is 20.8 Å². The molecule has 0 saturated heterocycles. The van der Waals surface area contributed by atoms with Crippen molar-refractivity contribution in [1.82, 2.24) is 14.5 Å². The maximum absolute atomic E-state index is 5.19. The Bertz CT molecular complexity index is 3270. The molecule has 2 heterocycles. The Labute approximate surface area is 386 Å². The van der Waals surface area contributed by atoms with Crippen molar-refractivity contribution in [3.05, 3.63) is 247 Å². The minimum atomic E-state index is 0.704. The third-order valence-corrected chi connectivity index (χ3v) is 12.4. The Morgan fingerprint density at radius 1 is 0.348 bits per heavy atom. The largest absolute Gasteiger partial charge is 0.310 e. The molecule has 9 aromatic carbocycles. The van der Waals surface area contributed by atoms with Gasteiger partial charge in [0, 0.05) is 67.3 Å². The summed E-state index contributed by atoms with van der Waals surface area (Å²) in [6, 6.07) is 82.2. The van der Waals surface area contributed by atoms with Crippen molar-refractivity contribution in [2.45, 2.75) is 20.8 Å². The number of aryl methyl sites for hydroxylation is 3. The average molecular weight is 850 g/mol. The molecule has 0 radical (unpaired) electrons. The topological polar surface area (TPSA) is 37.2 Å². The molecule has 0 amide bonds. The van der Waals surface area contributed by atoms with Crippen LogP contribution in [-0.4, -0.2) is 14.5 Å². The summed E-state index contributed by atoms with van der Waals surface area (Å²) < 4.78 is 2.41. The van der Waals surface area contributed by atoms with E-state index in [0.29, 0.717) is 5.82 Å². The number of rotatable bonds is 10. The van der Waals surface area contributed by atoms with Gasteiger partial charge in [0.05, 0.1) is 22.4 Å². The molecule has 0 aliphatic heterocycles. The van der Waals surface area contributed by atoms with Crippen LogP contribution >= 0.6 is 0 Å². The summed E-state index contributed by atoms with van der Waals surface area (Å²) in [6.45, 7) is 6.46. The number of aromatic nitrogens is 3. The Morgan fingerprint density at radius 3 is 1.26 bits per heavy atom. The van der Waals surface area contributed by atoms with E-state index in [2.05, 4.69) is 241 Å². The van der Waals surface area contributed by atoms with E-state index in [-0.39, 0.29) is 0 Å². The third-order valence-electron chi connectivity index (χ3n) is 12.4. The molecule has 0 atom stereocenters. The Morgan fingerprint density at radius 2 is 0.773 bits per heavy atom. The van der Waals surface area contributed by atoms with E-state index in [1.807, 2.05) is 24.3 Å². The normalized spacial score (nSPS) is 11.3. The number of hydrogen-bond acceptors (Lipinski definition) is 4. The van der Waals surface area contributed by atoms with Crippen LogP contribution in [0.25, 0.3) is 61.4 Å². The van der Waals surface area contributed by atoms with Gasteiger partial charge in [-0.3, -0.25) is 0 Å². The summed E-state index contributed by atoms with van der Waals surface area (Å²) in [5.41, 5.74) is 18.3. The van der Waals surface area contributed by atoms with Crippen molar-refractivity contribution in [2.75, 3.05) is 9.80 Å². The lowest BCUT2D eigenvalue weighted by molar-refractivity contribution is 1.16. The minimum Gasteiger partial charge on any atom is -0.310 e. The van der Waals surface area contributed by atoms with Gasteiger partial charge < -0.3 is 14.4 Å². The second kappa shape index (κ2) is 17.2. The summed E-state index contributed by atoms with van der Waals surface area (Å²) in [5, 5.41) is 2.32. The first-order chi connectivity index (χ1) is 32.4. The first kappa shape index (κ1) is 40.2. The zero-order chi connectivity index (χ0) is 44.6. The zero-order valence-corrected chi connectivity index (χ0v) is 37.2. The lowest BCUT2D eigenvalue weighted by Crippen LogP contribution is -2.10. The van der Waals surface area contributed by atoms with Crippen LogP contribution in [0.1, 0.15) is 16.7 Å². The molecule has 0 spiro atoms. The molecule has 0 unspecified atom stereocenters. The van der Waals surface area contributed by atoms with E-state index in [4.69, 9.17) is 9.97 Å². The van der Waals surface area contributed by atoms with Crippen molar-refractivity contribution in [3.8, 4) is 39.6 Å². The molecule has 5 heteroatoms. The van der Waals surface area contributed by atoms with Gasteiger partial charge >= 0.3 is 0 Å². The van der Waals surface area contributed by atoms with Gasteiger partial charge in [-0.15, -0.1) is 0 Å². The van der Waals surface area contributed by atoms with Crippen LogP contribution in [0.4, 0.5) is 34.1 Å². The van der Waals surface area contributed by atoms with E-state index in [9.17, 15) is 0 Å². The van der Waals surface area contributed by atoms with Crippen molar-refractivity contribution >= 4 is 55.9 Å². The van der Waals surface area contributed by atoms with Gasteiger partial charge in [-0.05, 0) is 129 Å². The van der Waals surface area contributed by atoms with Gasteiger partial charge in [0.2, 0.25) is 0 Å². The van der Waals surface area contributed by atoms with Crippen LogP contribution in [0.5, 0.6) is 0 Å². The highest BCUT2D eigenvalue weighted by Crippen LogP contribution is 2.43. The number of fused-ring (bicyclic) bond motifs is 3. The van der Waals surface area contributed by atoms with Gasteiger partial charge in [-0.25, -0.2) is 9.97 Å². The maximum atomic E-state index is 5.19.